The summed E-state index contributed by atoms with van der Waals surface area (Å²) >= 11 is 3.49. The molecule has 0 aliphatic heterocycles. The zero-order valence-corrected chi connectivity index (χ0v) is 14.4. The molecule has 0 aliphatic carbocycles. The summed E-state index contributed by atoms with van der Waals surface area (Å²) in [4.78, 5) is 9.13. The van der Waals surface area contributed by atoms with Gasteiger partial charge in [0, 0.05) is 12.5 Å². The molecule has 2 rings (SSSR count). The number of benzene rings is 1. The quantitative estimate of drug-likeness (QED) is 0.834. The van der Waals surface area contributed by atoms with Crippen molar-refractivity contribution in [3.8, 4) is 11.6 Å². The molecule has 0 fully saturated rings. The molecule has 0 unspecified atom stereocenters. The van der Waals surface area contributed by atoms with Crippen LogP contribution in [0.5, 0.6) is 11.6 Å². The van der Waals surface area contributed by atoms with E-state index in [-0.39, 0.29) is 5.92 Å². The van der Waals surface area contributed by atoms with Gasteiger partial charge >= 0.3 is 0 Å². The minimum Gasteiger partial charge on any atom is -0.437 e. The molecule has 0 bridgehead atoms. The van der Waals surface area contributed by atoms with Crippen molar-refractivity contribution in [2.75, 3.05) is 11.9 Å². The normalized spacial score (nSPS) is 10.8. The summed E-state index contributed by atoms with van der Waals surface area (Å²) in [6, 6.07) is 7.74. The first-order valence-corrected chi connectivity index (χ1v) is 7.87. The van der Waals surface area contributed by atoms with Crippen LogP contribution in [-0.4, -0.2) is 16.5 Å². The van der Waals surface area contributed by atoms with Gasteiger partial charge in [0.2, 0.25) is 5.88 Å². The fourth-order valence-corrected chi connectivity index (χ4v) is 2.21. The first-order chi connectivity index (χ1) is 10.0. The van der Waals surface area contributed by atoms with E-state index in [2.05, 4.69) is 45.1 Å². The van der Waals surface area contributed by atoms with E-state index in [1.807, 2.05) is 38.1 Å². The molecular formula is C16H20BrN3O. The number of hydrogen-bond acceptors (Lipinski definition) is 4. The van der Waals surface area contributed by atoms with Gasteiger partial charge in [0.1, 0.15) is 17.4 Å². The van der Waals surface area contributed by atoms with Gasteiger partial charge in [-0.25, -0.2) is 4.98 Å². The van der Waals surface area contributed by atoms with Crippen molar-refractivity contribution in [2.24, 2.45) is 0 Å². The SMILES string of the molecule is CCNc1nc(C(C)C)nc(Oc2ccccc2Br)c1C. The van der Waals surface area contributed by atoms with Crippen LogP contribution >= 0.6 is 15.9 Å². The second-order valence-electron chi connectivity index (χ2n) is 5.08. The number of nitrogens with zero attached hydrogens (tertiary/aromatic N) is 2. The highest BCUT2D eigenvalue weighted by molar-refractivity contribution is 9.10. The minimum atomic E-state index is 0.240. The van der Waals surface area contributed by atoms with E-state index in [9.17, 15) is 0 Å². The summed E-state index contributed by atoms with van der Waals surface area (Å²) in [6.45, 7) is 8.97. The zero-order chi connectivity index (χ0) is 15.4. The van der Waals surface area contributed by atoms with Gasteiger partial charge in [-0.05, 0) is 41.9 Å². The fourth-order valence-electron chi connectivity index (χ4n) is 1.84. The van der Waals surface area contributed by atoms with Gasteiger partial charge in [-0.3, -0.25) is 0 Å². The van der Waals surface area contributed by atoms with Gasteiger partial charge in [0.05, 0.1) is 10.0 Å². The van der Waals surface area contributed by atoms with Crippen LogP contribution in [0.1, 0.15) is 38.1 Å². The topological polar surface area (TPSA) is 47.0 Å². The molecule has 0 saturated heterocycles. The molecule has 0 amide bonds. The fraction of sp³-hybridized carbons (Fsp3) is 0.375. The van der Waals surface area contributed by atoms with Crippen molar-refractivity contribution in [3.63, 3.8) is 0 Å². The lowest BCUT2D eigenvalue weighted by Crippen LogP contribution is -2.08. The third kappa shape index (κ3) is 3.73. The molecule has 0 spiro atoms. The van der Waals surface area contributed by atoms with Crippen molar-refractivity contribution in [2.45, 2.75) is 33.6 Å². The average molecular weight is 350 g/mol. The van der Waals surface area contributed by atoms with Gasteiger partial charge < -0.3 is 10.1 Å². The van der Waals surface area contributed by atoms with Crippen LogP contribution in [0.2, 0.25) is 0 Å². The second-order valence-corrected chi connectivity index (χ2v) is 5.93. The Hall–Kier alpha value is -1.62. The molecule has 1 aromatic heterocycles. The molecule has 4 nitrogen and oxygen atoms in total. The van der Waals surface area contributed by atoms with Crippen LogP contribution in [0.15, 0.2) is 28.7 Å². The molecule has 1 heterocycles. The predicted octanol–water partition coefficient (Wildman–Crippen LogP) is 4.90. The molecule has 0 saturated carbocycles. The second kappa shape index (κ2) is 6.89. The van der Waals surface area contributed by atoms with E-state index in [0.29, 0.717) is 5.88 Å². The zero-order valence-electron chi connectivity index (χ0n) is 12.8. The number of hydrogen-bond donors (Lipinski definition) is 1. The van der Waals surface area contributed by atoms with Crippen LogP contribution < -0.4 is 10.1 Å². The Bertz CT molecular complexity index is 629. The molecule has 5 heteroatoms. The van der Waals surface area contributed by atoms with E-state index in [1.54, 1.807) is 0 Å². The van der Waals surface area contributed by atoms with Crippen LogP contribution in [0.4, 0.5) is 5.82 Å². The molecule has 1 N–H and O–H groups in total. The van der Waals surface area contributed by atoms with Gasteiger partial charge in [-0.2, -0.15) is 4.98 Å². The largest absolute Gasteiger partial charge is 0.437 e. The Morgan fingerprint density at radius 1 is 1.24 bits per heavy atom. The maximum Gasteiger partial charge on any atom is 0.227 e. The Morgan fingerprint density at radius 3 is 2.57 bits per heavy atom. The van der Waals surface area contributed by atoms with Crippen molar-refractivity contribution in [1.29, 1.82) is 0 Å². The van der Waals surface area contributed by atoms with Gasteiger partial charge in [0.25, 0.3) is 0 Å². The molecule has 21 heavy (non-hydrogen) atoms. The van der Waals surface area contributed by atoms with Crippen molar-refractivity contribution >= 4 is 21.7 Å². The highest BCUT2D eigenvalue weighted by Gasteiger charge is 2.15. The molecule has 0 aliphatic rings. The van der Waals surface area contributed by atoms with E-state index in [4.69, 9.17) is 4.74 Å². The third-order valence-electron chi connectivity index (χ3n) is 3.02. The standard InChI is InChI=1S/C16H20BrN3O/c1-5-18-15-11(4)16(20-14(19-15)10(2)3)21-13-9-7-6-8-12(13)17/h6-10H,5H2,1-4H3,(H,18,19,20). The Morgan fingerprint density at radius 2 is 1.95 bits per heavy atom. The summed E-state index contributed by atoms with van der Waals surface area (Å²) in [7, 11) is 0. The average Bonchev–Trinajstić information content (AvgIpc) is 2.45. The van der Waals surface area contributed by atoms with E-state index >= 15 is 0 Å². The lowest BCUT2D eigenvalue weighted by Gasteiger charge is -2.15. The summed E-state index contributed by atoms with van der Waals surface area (Å²) in [5.74, 6) is 3.19. The smallest absolute Gasteiger partial charge is 0.227 e. The number of nitrogens with one attached hydrogen (secondary N) is 1. The van der Waals surface area contributed by atoms with E-state index < -0.39 is 0 Å². The van der Waals surface area contributed by atoms with Gasteiger partial charge in [-0.15, -0.1) is 0 Å². The van der Waals surface area contributed by atoms with Crippen LogP contribution in [0.25, 0.3) is 0 Å². The first-order valence-electron chi connectivity index (χ1n) is 7.07. The summed E-state index contributed by atoms with van der Waals surface area (Å²) in [5, 5.41) is 3.27. The number of rotatable bonds is 5. The number of para-hydroxylation sites is 1. The summed E-state index contributed by atoms with van der Waals surface area (Å²) in [5.41, 5.74) is 0.914. The lowest BCUT2D eigenvalue weighted by molar-refractivity contribution is 0.450. The maximum absolute atomic E-state index is 5.98. The maximum atomic E-state index is 5.98. The van der Waals surface area contributed by atoms with Gasteiger partial charge in [-0.1, -0.05) is 26.0 Å². The van der Waals surface area contributed by atoms with Crippen molar-refractivity contribution in [3.05, 3.63) is 40.1 Å². The number of ether oxygens (including phenoxy) is 1. The molecule has 0 radical (unpaired) electrons. The van der Waals surface area contributed by atoms with Gasteiger partial charge in [0.15, 0.2) is 0 Å². The molecule has 112 valence electrons. The summed E-state index contributed by atoms with van der Waals surface area (Å²) < 4.78 is 6.88. The highest BCUT2D eigenvalue weighted by Crippen LogP contribution is 2.32. The van der Waals surface area contributed by atoms with E-state index in [0.717, 1.165) is 34.0 Å². The Balaban J connectivity index is 2.44. The highest BCUT2D eigenvalue weighted by atomic mass is 79.9. The van der Waals surface area contributed by atoms with Crippen molar-refractivity contribution < 1.29 is 4.74 Å². The van der Waals surface area contributed by atoms with Crippen LogP contribution in [0, 0.1) is 6.92 Å². The number of anilines is 1. The minimum absolute atomic E-state index is 0.240. The van der Waals surface area contributed by atoms with Crippen LogP contribution in [-0.2, 0) is 0 Å². The summed E-state index contributed by atoms with van der Waals surface area (Å²) in [6.07, 6.45) is 0. The molecular weight excluding hydrogens is 330 g/mol. The Kier molecular flexibility index (Phi) is 5.17. The molecule has 2 aromatic rings. The molecule has 1 aromatic carbocycles. The molecule has 0 atom stereocenters. The van der Waals surface area contributed by atoms with E-state index in [1.165, 1.54) is 0 Å². The number of aromatic nitrogens is 2. The first kappa shape index (κ1) is 15.8. The van der Waals surface area contributed by atoms with Crippen LogP contribution in [0.3, 0.4) is 0 Å². The number of halogens is 1. The third-order valence-corrected chi connectivity index (χ3v) is 3.68. The lowest BCUT2D eigenvalue weighted by atomic mass is 10.2. The Labute approximate surface area is 134 Å². The monoisotopic (exact) mass is 349 g/mol. The predicted molar refractivity (Wildman–Crippen MR) is 89.2 cm³/mol. The van der Waals surface area contributed by atoms with Crippen molar-refractivity contribution in [1.82, 2.24) is 9.97 Å².